The molecular formula is C35H23ClN2O. The highest BCUT2D eigenvalue weighted by atomic mass is 35.5. The first-order valence-corrected chi connectivity index (χ1v) is 13.2. The molecule has 0 saturated heterocycles. The number of hydrogen-bond acceptors (Lipinski definition) is 2. The minimum Gasteiger partial charge on any atom is -0.289 e. The standard InChI is InChI=1S/C35H23ClN2O/c1-22-8-10-23(11-9-22)32(39)19-16-27-21-38(29-7-3-6-28(36)20-29)37-35(27)31-18-15-26-13-12-24-4-2-5-25-14-17-30(31)34(26)33(24)25/h2-21H,1H3/b19-16+. The van der Waals surface area contributed by atoms with Crippen molar-refractivity contribution >= 4 is 55.8 Å². The summed E-state index contributed by atoms with van der Waals surface area (Å²) < 4.78 is 1.83. The van der Waals surface area contributed by atoms with Crippen molar-refractivity contribution in [3.63, 3.8) is 0 Å². The van der Waals surface area contributed by atoms with Crippen LogP contribution in [0.4, 0.5) is 0 Å². The fourth-order valence-corrected chi connectivity index (χ4v) is 5.58. The molecular weight excluding hydrogens is 500 g/mol. The average Bonchev–Trinajstić information content (AvgIpc) is 3.39. The molecule has 0 aliphatic heterocycles. The van der Waals surface area contributed by atoms with E-state index in [1.807, 2.05) is 72.4 Å². The van der Waals surface area contributed by atoms with E-state index < -0.39 is 0 Å². The molecule has 39 heavy (non-hydrogen) atoms. The van der Waals surface area contributed by atoms with Crippen LogP contribution in [0.1, 0.15) is 21.5 Å². The Balaban J connectivity index is 1.43. The van der Waals surface area contributed by atoms with Crippen molar-refractivity contribution in [3.05, 3.63) is 137 Å². The van der Waals surface area contributed by atoms with Crippen molar-refractivity contribution in [3.8, 4) is 16.9 Å². The van der Waals surface area contributed by atoms with Crippen LogP contribution in [0, 0.1) is 6.92 Å². The summed E-state index contributed by atoms with van der Waals surface area (Å²) in [5.41, 5.74) is 5.30. The third-order valence-corrected chi connectivity index (χ3v) is 7.58. The van der Waals surface area contributed by atoms with Crippen molar-refractivity contribution in [1.82, 2.24) is 9.78 Å². The molecule has 0 aliphatic rings. The molecule has 0 amide bonds. The molecule has 3 nitrogen and oxygen atoms in total. The highest BCUT2D eigenvalue weighted by molar-refractivity contribution is 6.30. The average molecular weight is 523 g/mol. The van der Waals surface area contributed by atoms with E-state index in [9.17, 15) is 4.79 Å². The van der Waals surface area contributed by atoms with Crippen LogP contribution >= 0.6 is 11.6 Å². The first-order chi connectivity index (χ1) is 19.0. The Labute approximate surface area is 230 Å². The third-order valence-electron chi connectivity index (χ3n) is 7.35. The molecule has 1 aromatic heterocycles. The molecule has 4 heteroatoms. The lowest BCUT2D eigenvalue weighted by atomic mass is 9.90. The van der Waals surface area contributed by atoms with Crippen molar-refractivity contribution in [2.24, 2.45) is 0 Å². The van der Waals surface area contributed by atoms with Gasteiger partial charge < -0.3 is 0 Å². The van der Waals surface area contributed by atoms with Crippen LogP contribution in [0.5, 0.6) is 0 Å². The van der Waals surface area contributed by atoms with Crippen LogP contribution in [0.15, 0.2) is 115 Å². The van der Waals surface area contributed by atoms with Gasteiger partial charge in [0.25, 0.3) is 0 Å². The smallest absolute Gasteiger partial charge is 0.185 e. The molecule has 0 radical (unpaired) electrons. The van der Waals surface area contributed by atoms with Crippen LogP contribution in [0.2, 0.25) is 5.02 Å². The Morgan fingerprint density at radius 2 is 1.49 bits per heavy atom. The fraction of sp³-hybridized carbons (Fsp3) is 0.0286. The summed E-state index contributed by atoms with van der Waals surface area (Å²) >= 11 is 6.31. The first-order valence-electron chi connectivity index (χ1n) is 12.9. The monoisotopic (exact) mass is 522 g/mol. The van der Waals surface area contributed by atoms with Gasteiger partial charge in [-0.2, -0.15) is 5.10 Å². The number of nitrogens with zero attached hydrogens (tertiary/aromatic N) is 2. The van der Waals surface area contributed by atoms with Gasteiger partial charge in [-0.05, 0) is 69.6 Å². The number of halogens is 1. The summed E-state index contributed by atoms with van der Waals surface area (Å²) in [6, 6.07) is 34.7. The van der Waals surface area contributed by atoms with E-state index in [0.29, 0.717) is 10.6 Å². The third kappa shape index (κ3) is 4.08. The predicted octanol–water partition coefficient (Wildman–Crippen LogP) is 9.29. The van der Waals surface area contributed by atoms with Gasteiger partial charge in [-0.15, -0.1) is 0 Å². The number of carbonyl (C=O) groups is 1. The summed E-state index contributed by atoms with van der Waals surface area (Å²) in [5, 5.41) is 12.9. The zero-order valence-electron chi connectivity index (χ0n) is 21.2. The van der Waals surface area contributed by atoms with Crippen molar-refractivity contribution in [2.75, 3.05) is 0 Å². The number of carbonyl (C=O) groups excluding carboxylic acids is 1. The number of allylic oxidation sites excluding steroid dienone is 1. The molecule has 6 aromatic carbocycles. The quantitative estimate of drug-likeness (QED) is 0.128. The number of aromatic nitrogens is 2. The molecule has 0 unspecified atom stereocenters. The molecule has 1 heterocycles. The van der Waals surface area contributed by atoms with Gasteiger partial charge in [0.15, 0.2) is 5.78 Å². The van der Waals surface area contributed by atoms with Gasteiger partial charge in [0.05, 0.1) is 5.69 Å². The minimum absolute atomic E-state index is 0.0492. The lowest BCUT2D eigenvalue weighted by Gasteiger charge is -2.13. The van der Waals surface area contributed by atoms with Gasteiger partial charge in [-0.3, -0.25) is 4.79 Å². The Kier molecular flexibility index (Phi) is 5.54. The van der Waals surface area contributed by atoms with E-state index >= 15 is 0 Å². The number of ketones is 1. The Hall–Kier alpha value is -4.73. The lowest BCUT2D eigenvalue weighted by molar-refractivity contribution is 0.104. The molecule has 0 aliphatic carbocycles. The predicted molar refractivity (Wildman–Crippen MR) is 162 cm³/mol. The van der Waals surface area contributed by atoms with Gasteiger partial charge in [0, 0.05) is 27.9 Å². The number of rotatable bonds is 5. The number of aryl methyl sites for hydroxylation is 1. The zero-order chi connectivity index (χ0) is 26.5. The van der Waals surface area contributed by atoms with Crippen LogP contribution in [-0.2, 0) is 0 Å². The molecule has 0 atom stereocenters. The summed E-state index contributed by atoms with van der Waals surface area (Å²) in [6.45, 7) is 2.01. The lowest BCUT2D eigenvalue weighted by Crippen LogP contribution is -1.95. The zero-order valence-corrected chi connectivity index (χ0v) is 22.0. The second-order valence-corrected chi connectivity index (χ2v) is 10.3. The highest BCUT2D eigenvalue weighted by Crippen LogP contribution is 2.40. The van der Waals surface area contributed by atoms with Crippen LogP contribution in [-0.4, -0.2) is 15.6 Å². The van der Waals surface area contributed by atoms with Gasteiger partial charge >= 0.3 is 0 Å². The van der Waals surface area contributed by atoms with Gasteiger partial charge in [-0.25, -0.2) is 4.68 Å². The Morgan fingerprint density at radius 3 is 2.26 bits per heavy atom. The molecule has 0 bridgehead atoms. The van der Waals surface area contributed by atoms with E-state index in [2.05, 4.69) is 54.6 Å². The Morgan fingerprint density at radius 1 is 0.795 bits per heavy atom. The van der Waals surface area contributed by atoms with Crippen LogP contribution in [0.3, 0.4) is 0 Å². The van der Waals surface area contributed by atoms with E-state index in [1.54, 1.807) is 6.08 Å². The van der Waals surface area contributed by atoms with E-state index in [4.69, 9.17) is 16.7 Å². The molecule has 7 aromatic rings. The van der Waals surface area contributed by atoms with Gasteiger partial charge in [0.1, 0.15) is 5.69 Å². The molecule has 7 rings (SSSR count). The van der Waals surface area contributed by atoms with E-state index in [-0.39, 0.29) is 5.78 Å². The maximum atomic E-state index is 13.0. The molecule has 0 spiro atoms. The van der Waals surface area contributed by atoms with Gasteiger partial charge in [0.2, 0.25) is 0 Å². The van der Waals surface area contributed by atoms with Crippen LogP contribution in [0.25, 0.3) is 55.3 Å². The van der Waals surface area contributed by atoms with Crippen molar-refractivity contribution in [1.29, 1.82) is 0 Å². The Bertz CT molecular complexity index is 2030. The molecule has 186 valence electrons. The largest absolute Gasteiger partial charge is 0.289 e. The van der Waals surface area contributed by atoms with E-state index in [0.717, 1.165) is 33.5 Å². The number of benzene rings is 6. The summed E-state index contributed by atoms with van der Waals surface area (Å²) in [7, 11) is 0. The molecule has 0 fully saturated rings. The van der Waals surface area contributed by atoms with Crippen molar-refractivity contribution in [2.45, 2.75) is 6.92 Å². The second-order valence-electron chi connectivity index (χ2n) is 9.89. The maximum Gasteiger partial charge on any atom is 0.185 e. The highest BCUT2D eigenvalue weighted by Gasteiger charge is 2.17. The summed E-state index contributed by atoms with van der Waals surface area (Å²) in [4.78, 5) is 13.0. The van der Waals surface area contributed by atoms with E-state index in [1.165, 1.54) is 26.9 Å². The molecule has 0 saturated carbocycles. The summed E-state index contributed by atoms with van der Waals surface area (Å²) in [5.74, 6) is -0.0492. The van der Waals surface area contributed by atoms with Crippen LogP contribution < -0.4 is 0 Å². The maximum absolute atomic E-state index is 13.0. The minimum atomic E-state index is -0.0492. The van der Waals surface area contributed by atoms with Crippen molar-refractivity contribution < 1.29 is 4.79 Å². The summed E-state index contributed by atoms with van der Waals surface area (Å²) in [6.07, 6.45) is 5.45. The molecule has 0 N–H and O–H groups in total. The number of hydrogen-bond donors (Lipinski definition) is 0. The van der Waals surface area contributed by atoms with Gasteiger partial charge in [-0.1, -0.05) is 102 Å². The first kappa shape index (κ1) is 23.4. The topological polar surface area (TPSA) is 34.9 Å². The SMILES string of the molecule is Cc1ccc(C(=O)/C=C/c2cn(-c3cccc(Cl)c3)nc2-c2ccc3ccc4cccc5ccc2c3c45)cc1. The second kappa shape index (κ2) is 9.23. The fourth-order valence-electron chi connectivity index (χ4n) is 5.39. The normalized spacial score (nSPS) is 11.8.